The Morgan fingerprint density at radius 2 is 1.76 bits per heavy atom. The van der Waals surface area contributed by atoms with Gasteiger partial charge in [-0.3, -0.25) is 4.90 Å². The molecule has 1 aliphatic rings. The molecule has 118 valence electrons. The molecule has 21 heavy (non-hydrogen) atoms. The first kappa shape index (κ1) is 15.9. The minimum Gasteiger partial charge on any atom is -0.496 e. The summed E-state index contributed by atoms with van der Waals surface area (Å²) in [6.07, 6.45) is 0.951. The van der Waals surface area contributed by atoms with E-state index >= 15 is 0 Å². The van der Waals surface area contributed by atoms with Crippen molar-refractivity contribution in [1.29, 1.82) is 0 Å². The zero-order chi connectivity index (χ0) is 15.6. The van der Waals surface area contributed by atoms with Gasteiger partial charge in [0.1, 0.15) is 17.2 Å². The number of benzene rings is 1. The molecule has 1 fully saturated rings. The number of rotatable bonds is 5. The molecule has 2 rings (SSSR count). The van der Waals surface area contributed by atoms with Crippen LogP contribution in [0.25, 0.3) is 0 Å². The molecule has 1 aliphatic heterocycles. The van der Waals surface area contributed by atoms with Gasteiger partial charge in [-0.25, -0.2) is 0 Å². The molecule has 2 atom stereocenters. The zero-order valence-electron chi connectivity index (χ0n) is 13.5. The van der Waals surface area contributed by atoms with Crippen molar-refractivity contribution in [3.8, 4) is 17.2 Å². The third kappa shape index (κ3) is 2.56. The molecule has 0 aromatic heterocycles. The Balaban J connectivity index is 2.57. The lowest BCUT2D eigenvalue weighted by atomic mass is 9.81. The maximum absolute atomic E-state index is 9.91. The molecule has 5 nitrogen and oxygen atoms in total. The van der Waals surface area contributed by atoms with Gasteiger partial charge in [0.15, 0.2) is 0 Å². The summed E-state index contributed by atoms with van der Waals surface area (Å²) in [4.78, 5) is 2.20. The van der Waals surface area contributed by atoms with Crippen molar-refractivity contribution in [1.82, 2.24) is 4.90 Å². The van der Waals surface area contributed by atoms with Gasteiger partial charge >= 0.3 is 0 Å². The molecule has 1 aromatic rings. The van der Waals surface area contributed by atoms with E-state index in [1.807, 2.05) is 19.2 Å². The molecule has 0 saturated carbocycles. The van der Waals surface area contributed by atoms with E-state index in [1.54, 1.807) is 21.3 Å². The molecule has 0 radical (unpaired) electrons. The molecule has 1 N–H and O–H groups in total. The van der Waals surface area contributed by atoms with Crippen molar-refractivity contribution >= 4 is 0 Å². The van der Waals surface area contributed by atoms with Gasteiger partial charge in [0.05, 0.1) is 27.9 Å². The Labute approximate surface area is 126 Å². The molecule has 1 aromatic carbocycles. The first-order valence-corrected chi connectivity index (χ1v) is 7.13. The van der Waals surface area contributed by atoms with E-state index in [0.717, 1.165) is 30.0 Å². The van der Waals surface area contributed by atoms with Crippen LogP contribution in [0.5, 0.6) is 17.2 Å². The van der Waals surface area contributed by atoms with Crippen LogP contribution in [-0.2, 0) is 0 Å². The number of aliphatic hydroxyl groups is 1. The Morgan fingerprint density at radius 3 is 2.19 bits per heavy atom. The number of hydrogen-bond donors (Lipinski definition) is 1. The van der Waals surface area contributed by atoms with E-state index < -0.39 is 0 Å². The number of likely N-dealkylation sites (tertiary alicyclic amines) is 1. The van der Waals surface area contributed by atoms with E-state index in [2.05, 4.69) is 11.8 Å². The van der Waals surface area contributed by atoms with Crippen molar-refractivity contribution in [2.75, 3.05) is 41.5 Å². The minimum atomic E-state index is -0.324. The van der Waals surface area contributed by atoms with Gasteiger partial charge < -0.3 is 19.3 Å². The summed E-state index contributed by atoms with van der Waals surface area (Å²) in [5, 5.41) is 9.91. The fourth-order valence-electron chi connectivity index (χ4n) is 3.22. The van der Waals surface area contributed by atoms with Gasteiger partial charge in [-0.1, -0.05) is 0 Å². The SMILES string of the molecule is COc1cc(OC)c(C2CCN(C)C2(C)CO)c(OC)c1. The van der Waals surface area contributed by atoms with E-state index in [-0.39, 0.29) is 18.1 Å². The lowest BCUT2D eigenvalue weighted by Crippen LogP contribution is -2.45. The van der Waals surface area contributed by atoms with Gasteiger partial charge in [-0.2, -0.15) is 0 Å². The van der Waals surface area contributed by atoms with Gasteiger partial charge in [-0.05, 0) is 26.9 Å². The molecule has 1 saturated heterocycles. The molecule has 5 heteroatoms. The van der Waals surface area contributed by atoms with Crippen LogP contribution >= 0.6 is 0 Å². The fraction of sp³-hybridized carbons (Fsp3) is 0.625. The van der Waals surface area contributed by atoms with Gasteiger partial charge in [-0.15, -0.1) is 0 Å². The highest BCUT2D eigenvalue weighted by molar-refractivity contribution is 5.54. The van der Waals surface area contributed by atoms with Crippen LogP contribution in [-0.4, -0.2) is 57.1 Å². The number of likely N-dealkylation sites (N-methyl/N-ethyl adjacent to an activating group) is 1. The highest BCUT2D eigenvalue weighted by Gasteiger charge is 2.45. The van der Waals surface area contributed by atoms with Crippen molar-refractivity contribution < 1.29 is 19.3 Å². The first-order chi connectivity index (χ1) is 10.0. The topological polar surface area (TPSA) is 51.2 Å². The maximum Gasteiger partial charge on any atom is 0.129 e. The molecule has 2 unspecified atom stereocenters. The Bertz CT molecular complexity index is 480. The van der Waals surface area contributed by atoms with Gasteiger partial charge in [0.2, 0.25) is 0 Å². The predicted octanol–water partition coefficient (Wildman–Crippen LogP) is 1.88. The lowest BCUT2D eigenvalue weighted by Gasteiger charge is -2.36. The quantitative estimate of drug-likeness (QED) is 0.899. The van der Waals surface area contributed by atoms with Gasteiger partial charge in [0, 0.05) is 29.2 Å². The van der Waals surface area contributed by atoms with Crippen LogP contribution in [0.15, 0.2) is 12.1 Å². The molecule has 0 spiro atoms. The Kier molecular flexibility index (Phi) is 4.64. The summed E-state index contributed by atoms with van der Waals surface area (Å²) >= 11 is 0. The Morgan fingerprint density at radius 1 is 1.19 bits per heavy atom. The van der Waals surface area contributed by atoms with Crippen LogP contribution in [0.2, 0.25) is 0 Å². The van der Waals surface area contributed by atoms with Crippen molar-refractivity contribution in [2.45, 2.75) is 24.8 Å². The lowest BCUT2D eigenvalue weighted by molar-refractivity contribution is 0.0866. The summed E-state index contributed by atoms with van der Waals surface area (Å²) in [7, 11) is 6.95. The Hall–Kier alpha value is -1.46. The smallest absolute Gasteiger partial charge is 0.129 e. The second kappa shape index (κ2) is 6.12. The van der Waals surface area contributed by atoms with Crippen LogP contribution in [0.4, 0.5) is 0 Å². The van der Waals surface area contributed by atoms with Crippen molar-refractivity contribution in [3.63, 3.8) is 0 Å². The largest absolute Gasteiger partial charge is 0.496 e. The highest BCUT2D eigenvalue weighted by atomic mass is 16.5. The van der Waals surface area contributed by atoms with Crippen LogP contribution < -0.4 is 14.2 Å². The summed E-state index contributed by atoms with van der Waals surface area (Å²) < 4.78 is 16.4. The predicted molar refractivity (Wildman–Crippen MR) is 81.6 cm³/mol. The first-order valence-electron chi connectivity index (χ1n) is 7.13. The maximum atomic E-state index is 9.91. The second-order valence-electron chi connectivity index (χ2n) is 5.72. The third-order valence-corrected chi connectivity index (χ3v) is 4.80. The zero-order valence-corrected chi connectivity index (χ0v) is 13.5. The second-order valence-corrected chi connectivity index (χ2v) is 5.72. The number of hydrogen-bond acceptors (Lipinski definition) is 5. The summed E-state index contributed by atoms with van der Waals surface area (Å²) in [6, 6.07) is 3.74. The highest BCUT2D eigenvalue weighted by Crippen LogP contribution is 2.49. The average molecular weight is 295 g/mol. The van der Waals surface area contributed by atoms with Crippen LogP contribution in [0, 0.1) is 0 Å². The minimum absolute atomic E-state index is 0.0898. The molecule has 0 aliphatic carbocycles. The van der Waals surface area contributed by atoms with Gasteiger partial charge in [0.25, 0.3) is 0 Å². The summed E-state index contributed by atoms with van der Waals surface area (Å²) in [6.45, 7) is 3.10. The monoisotopic (exact) mass is 295 g/mol. The van der Waals surface area contributed by atoms with Crippen LogP contribution in [0.3, 0.4) is 0 Å². The summed E-state index contributed by atoms with van der Waals surface area (Å²) in [5.74, 6) is 2.32. The van der Waals surface area contributed by atoms with Crippen molar-refractivity contribution in [3.05, 3.63) is 17.7 Å². The molecular weight excluding hydrogens is 270 g/mol. The van der Waals surface area contributed by atoms with E-state index in [1.165, 1.54) is 0 Å². The molecule has 0 bridgehead atoms. The number of ether oxygens (including phenoxy) is 3. The van der Waals surface area contributed by atoms with E-state index in [0.29, 0.717) is 5.75 Å². The fourth-order valence-corrected chi connectivity index (χ4v) is 3.22. The van der Waals surface area contributed by atoms with E-state index in [4.69, 9.17) is 14.2 Å². The third-order valence-electron chi connectivity index (χ3n) is 4.80. The number of nitrogens with zero attached hydrogens (tertiary/aromatic N) is 1. The molecule has 1 heterocycles. The molecule has 0 amide bonds. The standard InChI is InChI=1S/C16H25NO4/c1-16(10-18)12(6-7-17(16)2)15-13(20-4)8-11(19-3)9-14(15)21-5/h8-9,12,18H,6-7,10H2,1-5H3. The number of methoxy groups -OCH3 is 3. The van der Waals surface area contributed by atoms with Crippen LogP contribution in [0.1, 0.15) is 24.8 Å². The van der Waals surface area contributed by atoms with Crippen molar-refractivity contribution in [2.24, 2.45) is 0 Å². The summed E-state index contributed by atoms with van der Waals surface area (Å²) in [5.41, 5.74) is 0.677. The van der Waals surface area contributed by atoms with E-state index in [9.17, 15) is 5.11 Å². The average Bonchev–Trinajstić information content (AvgIpc) is 2.81. The molecular formula is C16H25NO4. The number of aliphatic hydroxyl groups excluding tert-OH is 1. The normalized spacial score (nSPS) is 25.9.